The van der Waals surface area contributed by atoms with Crippen molar-refractivity contribution in [3.63, 3.8) is 0 Å². The van der Waals surface area contributed by atoms with Crippen LogP contribution in [0.15, 0.2) is 42.5 Å². The fraction of sp³-hybridized carbons (Fsp3) is 0.448. The molecular weight excluding hydrogens is 486 g/mol. The lowest BCUT2D eigenvalue weighted by Gasteiger charge is -2.32. The zero-order chi connectivity index (χ0) is 26.5. The van der Waals surface area contributed by atoms with Crippen LogP contribution in [0.2, 0.25) is 0 Å². The van der Waals surface area contributed by atoms with Crippen LogP contribution in [0.5, 0.6) is 17.2 Å². The van der Waals surface area contributed by atoms with E-state index in [4.69, 9.17) is 28.7 Å². The van der Waals surface area contributed by atoms with Crippen molar-refractivity contribution < 1.29 is 28.5 Å². The number of carbonyl (C=O) groups is 1. The molecule has 3 aromatic rings. The molecule has 2 aromatic carbocycles. The number of ether oxygens (including phenoxy) is 5. The summed E-state index contributed by atoms with van der Waals surface area (Å²) >= 11 is 0. The molecule has 1 amide bonds. The van der Waals surface area contributed by atoms with Crippen LogP contribution in [0.25, 0.3) is 10.9 Å². The van der Waals surface area contributed by atoms with Gasteiger partial charge in [0.2, 0.25) is 0 Å². The van der Waals surface area contributed by atoms with Gasteiger partial charge in [0, 0.05) is 55.9 Å². The van der Waals surface area contributed by atoms with E-state index in [0.29, 0.717) is 43.4 Å². The van der Waals surface area contributed by atoms with E-state index in [1.807, 2.05) is 23.1 Å². The normalized spacial score (nSPS) is 17.4. The van der Waals surface area contributed by atoms with Gasteiger partial charge in [0.1, 0.15) is 23.1 Å². The van der Waals surface area contributed by atoms with Crippen LogP contribution in [0, 0.1) is 0 Å². The van der Waals surface area contributed by atoms with E-state index < -0.39 is 0 Å². The summed E-state index contributed by atoms with van der Waals surface area (Å²) in [7, 11) is 4.81. The summed E-state index contributed by atoms with van der Waals surface area (Å²) in [5.74, 6) is 2.60. The van der Waals surface area contributed by atoms with Crippen molar-refractivity contribution in [2.75, 3.05) is 65.7 Å². The highest BCUT2D eigenvalue weighted by Gasteiger charge is 2.28. The maximum absolute atomic E-state index is 14.0. The largest absolute Gasteiger partial charge is 0.497 e. The average molecular weight is 522 g/mol. The third-order valence-electron chi connectivity index (χ3n) is 7.13. The van der Waals surface area contributed by atoms with Crippen molar-refractivity contribution in [1.82, 2.24) is 9.88 Å². The standard InChI is InChI=1S/C29H35N3O6/c1-34-22-7-6-20-15-21(28(30-26(20)16-22)31-10-13-37-14-11-31)18-32(19-24-5-4-12-38-24)29(33)25-9-8-23(35-2)17-27(25)36-3/h6-9,15-17,24H,4-5,10-14,18-19H2,1-3H3. The number of hydrogen-bond donors (Lipinski definition) is 0. The maximum atomic E-state index is 14.0. The highest BCUT2D eigenvalue weighted by atomic mass is 16.5. The SMILES string of the molecule is COc1ccc(C(=O)N(Cc2cc3ccc(OC)cc3nc2N2CCOCC2)CC2CCCO2)c(OC)c1. The number of carbonyl (C=O) groups excluding carboxylic acids is 1. The monoisotopic (exact) mass is 521 g/mol. The number of hydrogen-bond acceptors (Lipinski definition) is 8. The van der Waals surface area contributed by atoms with Gasteiger partial charge in [-0.05, 0) is 43.2 Å². The van der Waals surface area contributed by atoms with Crippen LogP contribution in [-0.2, 0) is 16.0 Å². The lowest BCUT2D eigenvalue weighted by molar-refractivity contribution is 0.0504. The highest BCUT2D eigenvalue weighted by Crippen LogP contribution is 2.31. The minimum Gasteiger partial charge on any atom is -0.497 e. The number of pyridine rings is 1. The number of aromatic nitrogens is 1. The molecule has 2 aliphatic rings. The van der Waals surface area contributed by atoms with E-state index in [1.54, 1.807) is 39.5 Å². The molecule has 1 atom stereocenters. The molecule has 202 valence electrons. The summed E-state index contributed by atoms with van der Waals surface area (Å²) in [5.41, 5.74) is 2.31. The zero-order valence-electron chi connectivity index (χ0n) is 22.3. The molecule has 2 fully saturated rings. The Hall–Kier alpha value is -3.56. The van der Waals surface area contributed by atoms with Gasteiger partial charge in [-0.2, -0.15) is 0 Å². The Labute approximate surface area is 223 Å². The van der Waals surface area contributed by atoms with Crippen LogP contribution in [0.4, 0.5) is 5.82 Å². The first-order valence-electron chi connectivity index (χ1n) is 13.0. The molecule has 2 aliphatic heterocycles. The molecule has 0 N–H and O–H groups in total. The molecule has 0 radical (unpaired) electrons. The predicted octanol–water partition coefficient (Wildman–Crippen LogP) is 3.92. The Bertz CT molecular complexity index is 1270. The van der Waals surface area contributed by atoms with E-state index in [0.717, 1.165) is 60.6 Å². The number of rotatable bonds is 9. The smallest absolute Gasteiger partial charge is 0.258 e. The molecule has 5 rings (SSSR count). The second-order valence-electron chi connectivity index (χ2n) is 9.52. The van der Waals surface area contributed by atoms with Crippen molar-refractivity contribution in [2.45, 2.75) is 25.5 Å². The number of benzene rings is 2. The fourth-order valence-electron chi connectivity index (χ4n) is 5.08. The van der Waals surface area contributed by atoms with Gasteiger partial charge in [0.05, 0.1) is 51.7 Å². The van der Waals surface area contributed by atoms with Gasteiger partial charge >= 0.3 is 0 Å². The summed E-state index contributed by atoms with van der Waals surface area (Å²) < 4.78 is 27.9. The molecule has 0 aliphatic carbocycles. The highest BCUT2D eigenvalue weighted by molar-refractivity contribution is 5.97. The summed E-state index contributed by atoms with van der Waals surface area (Å²) in [6.45, 7) is 4.34. The van der Waals surface area contributed by atoms with Gasteiger partial charge in [-0.15, -0.1) is 0 Å². The van der Waals surface area contributed by atoms with Crippen LogP contribution in [-0.4, -0.2) is 82.7 Å². The third-order valence-corrected chi connectivity index (χ3v) is 7.13. The first-order chi connectivity index (χ1) is 18.6. The summed E-state index contributed by atoms with van der Waals surface area (Å²) in [4.78, 5) is 23.2. The first kappa shape index (κ1) is 26.1. The first-order valence-corrected chi connectivity index (χ1v) is 13.0. The van der Waals surface area contributed by atoms with Gasteiger partial charge < -0.3 is 33.5 Å². The second kappa shape index (κ2) is 11.9. The number of amides is 1. The summed E-state index contributed by atoms with van der Waals surface area (Å²) in [6, 6.07) is 13.3. The Balaban J connectivity index is 1.54. The van der Waals surface area contributed by atoms with Gasteiger partial charge in [-0.1, -0.05) is 0 Å². The van der Waals surface area contributed by atoms with Crippen LogP contribution in [0.1, 0.15) is 28.8 Å². The molecule has 1 unspecified atom stereocenters. The predicted molar refractivity (Wildman–Crippen MR) is 145 cm³/mol. The lowest BCUT2D eigenvalue weighted by Crippen LogP contribution is -2.40. The zero-order valence-corrected chi connectivity index (χ0v) is 22.3. The number of anilines is 1. The molecule has 1 aromatic heterocycles. The van der Waals surface area contributed by atoms with Crippen molar-refractivity contribution in [3.05, 3.63) is 53.6 Å². The Morgan fingerprint density at radius 2 is 1.76 bits per heavy atom. The van der Waals surface area contributed by atoms with E-state index in [1.165, 1.54) is 0 Å². The number of methoxy groups -OCH3 is 3. The van der Waals surface area contributed by atoms with Gasteiger partial charge in [0.15, 0.2) is 0 Å². The van der Waals surface area contributed by atoms with E-state index in [9.17, 15) is 4.79 Å². The summed E-state index contributed by atoms with van der Waals surface area (Å²) in [6.07, 6.45) is 1.92. The molecule has 0 saturated carbocycles. The van der Waals surface area contributed by atoms with Gasteiger partial charge in [0.25, 0.3) is 5.91 Å². The quantitative estimate of drug-likeness (QED) is 0.419. The lowest BCUT2D eigenvalue weighted by atomic mass is 10.1. The summed E-state index contributed by atoms with van der Waals surface area (Å²) in [5, 5.41) is 0.990. The van der Waals surface area contributed by atoms with Crippen molar-refractivity contribution in [2.24, 2.45) is 0 Å². The Morgan fingerprint density at radius 3 is 2.47 bits per heavy atom. The van der Waals surface area contributed by atoms with Crippen molar-refractivity contribution in [1.29, 1.82) is 0 Å². The third kappa shape index (κ3) is 5.63. The topological polar surface area (TPSA) is 82.6 Å². The minimum absolute atomic E-state index is 0.00675. The molecule has 2 saturated heterocycles. The molecule has 38 heavy (non-hydrogen) atoms. The average Bonchev–Trinajstić information content (AvgIpc) is 3.49. The molecule has 0 bridgehead atoms. The van der Waals surface area contributed by atoms with Crippen LogP contribution >= 0.6 is 0 Å². The fourth-order valence-corrected chi connectivity index (χ4v) is 5.08. The number of fused-ring (bicyclic) bond motifs is 1. The number of nitrogens with zero attached hydrogens (tertiary/aromatic N) is 3. The molecular formula is C29H35N3O6. The maximum Gasteiger partial charge on any atom is 0.258 e. The Kier molecular flexibility index (Phi) is 8.14. The van der Waals surface area contributed by atoms with Gasteiger partial charge in [-0.25, -0.2) is 4.98 Å². The molecule has 0 spiro atoms. The minimum atomic E-state index is -0.122. The number of morpholine rings is 1. The Morgan fingerprint density at radius 1 is 1.00 bits per heavy atom. The van der Waals surface area contributed by atoms with E-state index >= 15 is 0 Å². The van der Waals surface area contributed by atoms with Crippen LogP contribution in [0.3, 0.4) is 0 Å². The van der Waals surface area contributed by atoms with Gasteiger partial charge in [-0.3, -0.25) is 4.79 Å². The molecule has 3 heterocycles. The molecule has 9 heteroatoms. The second-order valence-corrected chi connectivity index (χ2v) is 9.52. The molecule has 9 nitrogen and oxygen atoms in total. The van der Waals surface area contributed by atoms with Crippen molar-refractivity contribution >= 4 is 22.6 Å². The van der Waals surface area contributed by atoms with Crippen molar-refractivity contribution in [3.8, 4) is 17.2 Å². The van der Waals surface area contributed by atoms with Crippen LogP contribution < -0.4 is 19.1 Å². The van der Waals surface area contributed by atoms with E-state index in [2.05, 4.69) is 11.0 Å². The van der Waals surface area contributed by atoms with E-state index in [-0.39, 0.29) is 12.0 Å².